The summed E-state index contributed by atoms with van der Waals surface area (Å²) in [5.74, 6) is -0.260. The zero-order valence-corrected chi connectivity index (χ0v) is 16.7. The van der Waals surface area contributed by atoms with Gasteiger partial charge in [-0.1, -0.05) is 6.92 Å². The molecule has 1 aliphatic rings. The third-order valence-electron chi connectivity index (χ3n) is 5.59. The zero-order chi connectivity index (χ0) is 21.3. The number of benzene rings is 2. The van der Waals surface area contributed by atoms with E-state index in [2.05, 4.69) is 4.90 Å². The van der Waals surface area contributed by atoms with E-state index in [4.69, 9.17) is 9.68 Å². The molecule has 1 N–H and O–H groups in total. The lowest BCUT2D eigenvalue weighted by Crippen LogP contribution is -2.46. The highest BCUT2D eigenvalue weighted by molar-refractivity contribution is 5.82. The molecule has 1 saturated heterocycles. The highest BCUT2D eigenvalue weighted by Gasteiger charge is 2.21. The summed E-state index contributed by atoms with van der Waals surface area (Å²) in [5.41, 5.74) is 2.40. The van der Waals surface area contributed by atoms with Gasteiger partial charge in [0.1, 0.15) is 17.1 Å². The average Bonchev–Trinajstić information content (AvgIpc) is 2.73. The molecule has 0 aliphatic carbocycles. The highest BCUT2D eigenvalue weighted by Crippen LogP contribution is 2.28. The number of rotatable bonds is 4. The van der Waals surface area contributed by atoms with Gasteiger partial charge < -0.3 is 14.4 Å². The Morgan fingerprint density at radius 2 is 1.90 bits per heavy atom. The van der Waals surface area contributed by atoms with E-state index in [0.717, 1.165) is 16.5 Å². The Morgan fingerprint density at radius 3 is 2.57 bits per heavy atom. The fraction of sp³-hybridized carbons (Fsp3) is 0.304. The van der Waals surface area contributed by atoms with Crippen molar-refractivity contribution in [1.29, 1.82) is 5.26 Å². The Balaban J connectivity index is 1.52. The fourth-order valence-electron chi connectivity index (χ4n) is 3.94. The molecule has 0 radical (unpaired) electrons. The predicted molar refractivity (Wildman–Crippen MR) is 112 cm³/mol. The summed E-state index contributed by atoms with van der Waals surface area (Å²) in [6.45, 7) is 5.23. The van der Waals surface area contributed by atoms with Crippen molar-refractivity contribution in [2.45, 2.75) is 19.9 Å². The van der Waals surface area contributed by atoms with Gasteiger partial charge in [0.25, 0.3) is 0 Å². The van der Waals surface area contributed by atoms with Crippen LogP contribution in [0.2, 0.25) is 0 Å². The van der Waals surface area contributed by atoms with Crippen molar-refractivity contribution in [2.75, 3.05) is 31.1 Å². The van der Waals surface area contributed by atoms with Gasteiger partial charge in [-0.15, -0.1) is 0 Å². The Bertz CT molecular complexity index is 1190. The minimum absolute atomic E-state index is 0.128. The van der Waals surface area contributed by atoms with Crippen LogP contribution in [0.4, 0.5) is 10.1 Å². The van der Waals surface area contributed by atoms with Crippen LogP contribution in [0.1, 0.15) is 23.6 Å². The third-order valence-corrected chi connectivity index (χ3v) is 5.59. The number of aromatic hydroxyl groups is 1. The van der Waals surface area contributed by atoms with Crippen LogP contribution in [0.5, 0.6) is 5.75 Å². The number of halogens is 1. The van der Waals surface area contributed by atoms with Crippen molar-refractivity contribution in [3.05, 3.63) is 69.3 Å². The number of nitrogens with zero attached hydrogens (tertiary/aromatic N) is 3. The van der Waals surface area contributed by atoms with Gasteiger partial charge in [0, 0.05) is 50.2 Å². The van der Waals surface area contributed by atoms with E-state index in [0.29, 0.717) is 56.0 Å². The van der Waals surface area contributed by atoms with Crippen LogP contribution in [0.3, 0.4) is 0 Å². The topological polar surface area (TPSA) is 80.7 Å². The molecule has 0 saturated carbocycles. The minimum Gasteiger partial charge on any atom is -0.508 e. The summed E-state index contributed by atoms with van der Waals surface area (Å²) in [5, 5.41) is 19.8. The van der Waals surface area contributed by atoms with E-state index in [1.807, 2.05) is 24.0 Å². The van der Waals surface area contributed by atoms with Gasteiger partial charge in [0.05, 0.1) is 17.3 Å². The van der Waals surface area contributed by atoms with Crippen LogP contribution >= 0.6 is 0 Å². The second-order valence-electron chi connectivity index (χ2n) is 7.46. The summed E-state index contributed by atoms with van der Waals surface area (Å²) >= 11 is 0. The smallest absolute Gasteiger partial charge is 0.336 e. The molecule has 1 fully saturated rings. The Morgan fingerprint density at radius 1 is 1.13 bits per heavy atom. The van der Waals surface area contributed by atoms with Crippen molar-refractivity contribution in [2.24, 2.45) is 0 Å². The number of fused-ring (bicyclic) bond motifs is 1. The van der Waals surface area contributed by atoms with Gasteiger partial charge in [0.15, 0.2) is 0 Å². The Kier molecular flexibility index (Phi) is 5.42. The van der Waals surface area contributed by atoms with E-state index in [9.17, 15) is 14.3 Å². The van der Waals surface area contributed by atoms with E-state index < -0.39 is 5.63 Å². The largest absolute Gasteiger partial charge is 0.508 e. The van der Waals surface area contributed by atoms with Crippen molar-refractivity contribution < 1.29 is 13.9 Å². The summed E-state index contributed by atoms with van der Waals surface area (Å²) < 4.78 is 19.6. The molecule has 3 aromatic rings. The first-order chi connectivity index (χ1) is 14.5. The molecule has 1 aliphatic heterocycles. The van der Waals surface area contributed by atoms with Crippen LogP contribution < -0.4 is 10.5 Å². The fourth-order valence-corrected chi connectivity index (χ4v) is 3.94. The lowest BCUT2D eigenvalue weighted by molar-refractivity contribution is 0.249. The molecule has 0 bridgehead atoms. The SMILES string of the molecule is CCc1cc2c(CN3CCN(c4ccc(C#N)cc4F)CC3)cc(=O)oc2cc1O. The molecule has 4 rings (SSSR count). The van der Waals surface area contributed by atoms with Crippen LogP contribution in [0.15, 0.2) is 45.6 Å². The predicted octanol–water partition coefficient (Wildman–Crippen LogP) is 3.39. The first-order valence-electron chi connectivity index (χ1n) is 9.94. The maximum Gasteiger partial charge on any atom is 0.336 e. The number of anilines is 1. The molecule has 30 heavy (non-hydrogen) atoms. The molecule has 0 unspecified atom stereocenters. The van der Waals surface area contributed by atoms with Crippen molar-refractivity contribution in [1.82, 2.24) is 4.90 Å². The number of phenolic OH excluding ortho intramolecular Hbond substituents is 1. The standard InChI is InChI=1S/C23H22FN3O3/c1-2-16-10-18-17(11-23(29)30-22(18)12-21(16)28)14-26-5-7-27(8-6-26)20-4-3-15(13-25)9-19(20)24/h3-4,9-12,28H,2,5-8,14H2,1H3. The average molecular weight is 407 g/mol. The molecule has 7 heteroatoms. The maximum atomic E-state index is 14.3. The summed E-state index contributed by atoms with van der Waals surface area (Å²) in [4.78, 5) is 16.2. The van der Waals surface area contributed by atoms with Gasteiger partial charge in [-0.2, -0.15) is 5.26 Å². The van der Waals surface area contributed by atoms with Crippen molar-refractivity contribution in [3.63, 3.8) is 0 Å². The second kappa shape index (κ2) is 8.17. The van der Waals surface area contributed by atoms with E-state index in [1.54, 1.807) is 12.1 Å². The van der Waals surface area contributed by atoms with Crippen LogP contribution in [-0.2, 0) is 13.0 Å². The zero-order valence-electron chi connectivity index (χ0n) is 16.7. The monoisotopic (exact) mass is 407 g/mol. The van der Waals surface area contributed by atoms with Gasteiger partial charge in [-0.05, 0) is 41.8 Å². The van der Waals surface area contributed by atoms with Crippen molar-refractivity contribution in [3.8, 4) is 11.8 Å². The normalized spacial score (nSPS) is 14.8. The third kappa shape index (κ3) is 3.87. The quantitative estimate of drug-likeness (QED) is 0.668. The molecule has 2 heterocycles. The van der Waals surface area contributed by atoms with Crippen LogP contribution in [-0.4, -0.2) is 36.2 Å². The highest BCUT2D eigenvalue weighted by atomic mass is 19.1. The number of nitriles is 1. The van der Waals surface area contributed by atoms with Crippen LogP contribution in [0.25, 0.3) is 11.0 Å². The van der Waals surface area contributed by atoms with E-state index >= 15 is 0 Å². The van der Waals surface area contributed by atoms with Gasteiger partial charge in [-0.25, -0.2) is 9.18 Å². The first kappa shape index (κ1) is 19.9. The minimum atomic E-state index is -0.445. The second-order valence-corrected chi connectivity index (χ2v) is 7.46. The molecule has 0 atom stereocenters. The van der Waals surface area contributed by atoms with Gasteiger partial charge in [-0.3, -0.25) is 4.90 Å². The lowest BCUT2D eigenvalue weighted by atomic mass is 10.0. The van der Waals surface area contributed by atoms with Gasteiger partial charge >= 0.3 is 5.63 Å². The molecule has 154 valence electrons. The molecule has 1 aromatic heterocycles. The van der Waals surface area contributed by atoms with Crippen molar-refractivity contribution >= 4 is 16.7 Å². The summed E-state index contributed by atoms with van der Waals surface area (Å²) in [6.07, 6.45) is 0.676. The molecule has 0 spiro atoms. The molecule has 2 aromatic carbocycles. The first-order valence-corrected chi connectivity index (χ1v) is 9.94. The number of hydrogen-bond acceptors (Lipinski definition) is 6. The van der Waals surface area contributed by atoms with Crippen LogP contribution in [0, 0.1) is 17.1 Å². The summed E-state index contributed by atoms with van der Waals surface area (Å²) in [7, 11) is 0. The lowest BCUT2D eigenvalue weighted by Gasteiger charge is -2.36. The van der Waals surface area contributed by atoms with Gasteiger partial charge in [0.2, 0.25) is 0 Å². The molecule has 0 amide bonds. The molecular weight excluding hydrogens is 385 g/mol. The maximum absolute atomic E-state index is 14.3. The molecular formula is C23H22FN3O3. The Hall–Kier alpha value is -3.37. The van der Waals surface area contributed by atoms with E-state index in [1.165, 1.54) is 18.2 Å². The summed E-state index contributed by atoms with van der Waals surface area (Å²) in [6, 6.07) is 11.4. The van der Waals surface area contributed by atoms with E-state index in [-0.39, 0.29) is 11.6 Å². The number of hydrogen-bond donors (Lipinski definition) is 1. The number of aryl methyl sites for hydroxylation is 1. The Labute approximate surface area is 173 Å². The number of piperazine rings is 1. The number of phenols is 1. The molecule has 6 nitrogen and oxygen atoms in total.